The van der Waals surface area contributed by atoms with Gasteiger partial charge in [-0.05, 0) is 19.9 Å². The van der Waals surface area contributed by atoms with Gasteiger partial charge < -0.3 is 24.7 Å². The van der Waals surface area contributed by atoms with Gasteiger partial charge in [-0.25, -0.2) is 4.79 Å². The third kappa shape index (κ3) is 3.96. The number of nitrogens with zero attached hydrogens (tertiary/aromatic N) is 2. The number of nitriles is 2. The van der Waals surface area contributed by atoms with Crippen molar-refractivity contribution in [2.75, 3.05) is 20.3 Å². The Morgan fingerprint density at radius 3 is 2.70 bits per heavy atom. The van der Waals surface area contributed by atoms with Gasteiger partial charge in [0.25, 0.3) is 0 Å². The van der Waals surface area contributed by atoms with E-state index < -0.39 is 11.9 Å². The zero-order valence-corrected chi connectivity index (χ0v) is 15.2. The Morgan fingerprint density at radius 2 is 2.11 bits per heavy atom. The molecule has 27 heavy (non-hydrogen) atoms. The smallest absolute Gasteiger partial charge is 0.338 e. The van der Waals surface area contributed by atoms with Gasteiger partial charge in [-0.3, -0.25) is 0 Å². The summed E-state index contributed by atoms with van der Waals surface area (Å²) in [6.45, 7) is 3.18. The van der Waals surface area contributed by atoms with Crippen LogP contribution < -0.4 is 15.2 Å². The minimum Gasteiger partial charge on any atom is -0.497 e. The van der Waals surface area contributed by atoms with Crippen molar-refractivity contribution in [3.05, 3.63) is 46.6 Å². The molecular weight excluding hydrogens is 350 g/mol. The topological polar surface area (TPSA) is 128 Å². The molecule has 1 atom stereocenters. The number of hydrogen-bond donors (Lipinski definition) is 1. The van der Waals surface area contributed by atoms with Crippen LogP contribution >= 0.6 is 0 Å². The molecule has 0 spiro atoms. The molecule has 0 aromatic heterocycles. The molecular formula is C19H19N3O5. The van der Waals surface area contributed by atoms with Gasteiger partial charge in [0.15, 0.2) is 6.61 Å². The number of benzene rings is 1. The second kappa shape index (κ2) is 8.63. The highest BCUT2D eigenvalue weighted by Gasteiger charge is 2.38. The van der Waals surface area contributed by atoms with Crippen LogP contribution in [0, 0.1) is 22.7 Å². The lowest BCUT2D eigenvalue weighted by Gasteiger charge is -2.28. The zero-order valence-electron chi connectivity index (χ0n) is 15.2. The van der Waals surface area contributed by atoms with Crippen molar-refractivity contribution in [3.63, 3.8) is 0 Å². The van der Waals surface area contributed by atoms with Gasteiger partial charge in [0.05, 0.1) is 25.2 Å². The van der Waals surface area contributed by atoms with E-state index in [1.165, 1.54) is 7.11 Å². The van der Waals surface area contributed by atoms with Gasteiger partial charge in [0.2, 0.25) is 5.88 Å². The number of nitrogens with two attached hydrogens (primary N) is 1. The minimum atomic E-state index is -0.859. The monoisotopic (exact) mass is 369 g/mol. The van der Waals surface area contributed by atoms with E-state index in [0.29, 0.717) is 11.3 Å². The third-order valence-corrected chi connectivity index (χ3v) is 3.92. The fraction of sp³-hybridized carbons (Fsp3) is 0.316. The van der Waals surface area contributed by atoms with Crippen molar-refractivity contribution >= 4 is 5.97 Å². The predicted octanol–water partition coefficient (Wildman–Crippen LogP) is 2.24. The molecule has 8 nitrogen and oxygen atoms in total. The summed E-state index contributed by atoms with van der Waals surface area (Å²) in [5.41, 5.74) is 6.55. The molecule has 1 heterocycles. The highest BCUT2D eigenvalue weighted by atomic mass is 16.5. The van der Waals surface area contributed by atoms with Crippen molar-refractivity contribution in [1.29, 1.82) is 10.5 Å². The van der Waals surface area contributed by atoms with E-state index in [1.54, 1.807) is 32.0 Å². The Morgan fingerprint density at radius 1 is 1.37 bits per heavy atom. The fourth-order valence-corrected chi connectivity index (χ4v) is 2.78. The summed E-state index contributed by atoms with van der Waals surface area (Å²) >= 11 is 0. The van der Waals surface area contributed by atoms with E-state index in [2.05, 4.69) is 0 Å². The highest BCUT2D eigenvalue weighted by molar-refractivity contribution is 5.92. The summed E-state index contributed by atoms with van der Waals surface area (Å²) in [4.78, 5) is 12.6. The molecule has 8 heteroatoms. The van der Waals surface area contributed by atoms with Crippen LogP contribution in [0.3, 0.4) is 0 Å². The number of rotatable bonds is 6. The number of ether oxygens (including phenoxy) is 4. The van der Waals surface area contributed by atoms with E-state index in [9.17, 15) is 10.1 Å². The van der Waals surface area contributed by atoms with E-state index in [-0.39, 0.29) is 41.8 Å². The maximum Gasteiger partial charge on any atom is 0.338 e. The van der Waals surface area contributed by atoms with E-state index in [1.807, 2.05) is 12.1 Å². The maximum absolute atomic E-state index is 12.6. The standard InChI is InChI=1S/C19H19N3O5/c1-4-25-19(23)16-11(2)27-18(22)14(10-21)17(16)13-6-5-12(24-3)9-15(13)26-8-7-20/h5-6,9,17H,4,8,22H2,1-3H3. The number of carbonyl (C=O) groups excluding carboxylic acids is 1. The summed E-state index contributed by atoms with van der Waals surface area (Å²) in [5.74, 6) is -0.567. The number of methoxy groups -OCH3 is 1. The predicted molar refractivity (Wildman–Crippen MR) is 94.1 cm³/mol. The fourth-order valence-electron chi connectivity index (χ4n) is 2.78. The van der Waals surface area contributed by atoms with Crippen LogP contribution in [0.4, 0.5) is 0 Å². The van der Waals surface area contributed by atoms with Crippen molar-refractivity contribution < 1.29 is 23.7 Å². The van der Waals surface area contributed by atoms with Crippen LogP contribution in [0.25, 0.3) is 0 Å². The second-order valence-electron chi connectivity index (χ2n) is 5.47. The quantitative estimate of drug-likeness (QED) is 0.756. The Bertz CT molecular complexity index is 890. The van der Waals surface area contributed by atoms with Crippen LogP contribution in [0.15, 0.2) is 41.0 Å². The van der Waals surface area contributed by atoms with Crippen molar-refractivity contribution in [1.82, 2.24) is 0 Å². The molecule has 0 fully saturated rings. The zero-order chi connectivity index (χ0) is 20.0. The first-order valence-corrected chi connectivity index (χ1v) is 8.11. The summed E-state index contributed by atoms with van der Waals surface area (Å²) in [5, 5.41) is 18.5. The Kier molecular flexibility index (Phi) is 6.29. The van der Waals surface area contributed by atoms with Crippen LogP contribution in [-0.4, -0.2) is 26.3 Å². The average molecular weight is 369 g/mol. The largest absolute Gasteiger partial charge is 0.497 e. The lowest BCUT2D eigenvalue weighted by atomic mass is 9.82. The first kappa shape index (κ1) is 19.7. The molecule has 1 aromatic carbocycles. The number of esters is 1. The van der Waals surface area contributed by atoms with Gasteiger partial charge in [-0.15, -0.1) is 0 Å². The molecule has 0 bridgehead atoms. The van der Waals surface area contributed by atoms with Crippen molar-refractivity contribution in [3.8, 4) is 23.6 Å². The van der Waals surface area contributed by atoms with E-state index in [4.69, 9.17) is 29.9 Å². The second-order valence-corrected chi connectivity index (χ2v) is 5.47. The molecule has 1 aliphatic rings. The van der Waals surface area contributed by atoms with Crippen LogP contribution in [0.5, 0.6) is 11.5 Å². The number of allylic oxidation sites excluding steroid dienone is 2. The Labute approximate surface area is 157 Å². The maximum atomic E-state index is 12.6. The lowest BCUT2D eigenvalue weighted by Crippen LogP contribution is -2.26. The molecule has 0 aliphatic carbocycles. The summed E-state index contributed by atoms with van der Waals surface area (Å²) in [6, 6.07) is 8.77. The average Bonchev–Trinajstić information content (AvgIpc) is 2.65. The van der Waals surface area contributed by atoms with Gasteiger partial charge in [0.1, 0.15) is 35.0 Å². The van der Waals surface area contributed by atoms with Gasteiger partial charge in [-0.1, -0.05) is 6.07 Å². The molecule has 140 valence electrons. The normalized spacial score (nSPS) is 16.1. The van der Waals surface area contributed by atoms with Crippen molar-refractivity contribution in [2.45, 2.75) is 19.8 Å². The molecule has 0 radical (unpaired) electrons. The highest BCUT2D eigenvalue weighted by Crippen LogP contribution is 2.43. The molecule has 1 aromatic rings. The third-order valence-electron chi connectivity index (χ3n) is 3.92. The molecule has 0 saturated carbocycles. The minimum absolute atomic E-state index is 0.0515. The van der Waals surface area contributed by atoms with Crippen LogP contribution in [0.1, 0.15) is 25.3 Å². The number of hydrogen-bond acceptors (Lipinski definition) is 8. The van der Waals surface area contributed by atoms with Crippen LogP contribution in [-0.2, 0) is 14.3 Å². The number of carbonyl (C=O) groups is 1. The molecule has 2 rings (SSSR count). The SMILES string of the molecule is CCOC(=O)C1=C(C)OC(N)=C(C#N)C1c1ccc(OC)cc1OCC#N. The van der Waals surface area contributed by atoms with Crippen LogP contribution in [0.2, 0.25) is 0 Å². The van der Waals surface area contributed by atoms with Crippen molar-refractivity contribution in [2.24, 2.45) is 5.73 Å². The first-order chi connectivity index (χ1) is 13.0. The van der Waals surface area contributed by atoms with E-state index in [0.717, 1.165) is 0 Å². The summed E-state index contributed by atoms with van der Waals surface area (Å²) in [6.07, 6.45) is 0. The molecule has 2 N–H and O–H groups in total. The van der Waals surface area contributed by atoms with E-state index >= 15 is 0 Å². The lowest BCUT2D eigenvalue weighted by molar-refractivity contribution is -0.139. The Hall–Kier alpha value is -3.65. The summed E-state index contributed by atoms with van der Waals surface area (Å²) < 4.78 is 21.2. The molecule has 1 aliphatic heterocycles. The molecule has 1 unspecified atom stereocenters. The molecule has 0 amide bonds. The van der Waals surface area contributed by atoms with Gasteiger partial charge >= 0.3 is 5.97 Å². The summed E-state index contributed by atoms with van der Waals surface area (Å²) in [7, 11) is 1.49. The first-order valence-electron chi connectivity index (χ1n) is 8.11. The van der Waals surface area contributed by atoms with Gasteiger partial charge in [-0.2, -0.15) is 10.5 Å². The molecule has 0 saturated heterocycles. The Balaban J connectivity index is 2.69. The van der Waals surface area contributed by atoms with Gasteiger partial charge in [0, 0.05) is 11.6 Å².